The van der Waals surface area contributed by atoms with Crippen LogP contribution in [-0.2, 0) is 6.54 Å². The van der Waals surface area contributed by atoms with Gasteiger partial charge >= 0.3 is 7.12 Å². The third-order valence-corrected chi connectivity index (χ3v) is 3.84. The number of rotatable bonds is 7. The molecule has 0 unspecified atom stereocenters. The summed E-state index contributed by atoms with van der Waals surface area (Å²) in [5.41, 5.74) is 1.54. The Morgan fingerprint density at radius 2 is 2.00 bits per heavy atom. The maximum Gasteiger partial charge on any atom is 0.488 e. The quantitative estimate of drug-likeness (QED) is 0.735. The number of likely N-dealkylation sites (N-methyl/N-ethyl adjacent to an activating group) is 1. The fraction of sp³-hybridized carbons (Fsp3) is 0.357. The molecule has 0 aliphatic heterocycles. The van der Waals surface area contributed by atoms with Crippen molar-refractivity contribution in [2.75, 3.05) is 20.2 Å². The van der Waals surface area contributed by atoms with Gasteiger partial charge in [-0.25, -0.2) is 4.98 Å². The summed E-state index contributed by atoms with van der Waals surface area (Å²) in [6.07, 6.45) is 0. The van der Waals surface area contributed by atoms with Gasteiger partial charge in [-0.3, -0.25) is 4.90 Å². The van der Waals surface area contributed by atoms with Crippen LogP contribution in [0.3, 0.4) is 0 Å². The Labute approximate surface area is 129 Å². The average molecular weight is 306 g/mol. The molecular weight excluding hydrogens is 287 g/mol. The lowest BCUT2D eigenvalue weighted by Crippen LogP contribution is -2.29. The summed E-state index contributed by atoms with van der Waals surface area (Å²) in [5.74, 6) is 0.720. The topological polar surface area (TPSA) is 65.8 Å². The van der Waals surface area contributed by atoms with E-state index in [9.17, 15) is 0 Å². The standard InChI is InChI=1S/C14H19BN2O3S/c1-11-16-13(10-21-11)9-17(2)7-8-20-14-5-3-12(4-6-14)15(18)19/h3-6,10,18-19H,7-9H2,1-2H3. The number of benzene rings is 1. The summed E-state index contributed by atoms with van der Waals surface area (Å²) in [6, 6.07) is 6.75. The lowest BCUT2D eigenvalue weighted by molar-refractivity contribution is 0.231. The highest BCUT2D eigenvalue weighted by molar-refractivity contribution is 7.09. The normalized spacial score (nSPS) is 10.9. The molecule has 5 nitrogen and oxygen atoms in total. The van der Waals surface area contributed by atoms with Crippen LogP contribution in [-0.4, -0.2) is 47.2 Å². The van der Waals surface area contributed by atoms with Crippen LogP contribution in [0.25, 0.3) is 0 Å². The van der Waals surface area contributed by atoms with Crippen LogP contribution < -0.4 is 10.2 Å². The predicted octanol–water partition coefficient (Wildman–Crippen LogP) is 0.642. The first-order valence-electron chi connectivity index (χ1n) is 6.73. The van der Waals surface area contributed by atoms with Crippen molar-refractivity contribution in [3.8, 4) is 5.75 Å². The minimum Gasteiger partial charge on any atom is -0.492 e. The molecule has 0 fully saturated rings. The molecule has 1 aromatic heterocycles. The van der Waals surface area contributed by atoms with Crippen LogP contribution in [0, 0.1) is 6.92 Å². The van der Waals surface area contributed by atoms with Gasteiger partial charge in [0.05, 0.1) is 10.7 Å². The minimum absolute atomic E-state index is 0.457. The van der Waals surface area contributed by atoms with Crippen molar-refractivity contribution < 1.29 is 14.8 Å². The Morgan fingerprint density at radius 1 is 1.29 bits per heavy atom. The molecule has 1 aromatic carbocycles. The smallest absolute Gasteiger partial charge is 0.488 e. The van der Waals surface area contributed by atoms with E-state index in [-0.39, 0.29) is 0 Å². The van der Waals surface area contributed by atoms with E-state index in [1.807, 2.05) is 14.0 Å². The summed E-state index contributed by atoms with van der Waals surface area (Å²) in [7, 11) is 0.593. The predicted molar refractivity (Wildman–Crippen MR) is 84.9 cm³/mol. The van der Waals surface area contributed by atoms with Gasteiger partial charge in [0, 0.05) is 18.5 Å². The molecule has 0 radical (unpaired) electrons. The molecular formula is C14H19BN2O3S. The Morgan fingerprint density at radius 3 is 2.57 bits per heavy atom. The van der Waals surface area contributed by atoms with Crippen molar-refractivity contribution in [3.05, 3.63) is 40.3 Å². The van der Waals surface area contributed by atoms with Crippen LogP contribution in [0.15, 0.2) is 29.6 Å². The molecule has 0 saturated heterocycles. The maximum atomic E-state index is 9.01. The van der Waals surface area contributed by atoms with Gasteiger partial charge in [0.25, 0.3) is 0 Å². The number of aryl methyl sites for hydroxylation is 1. The number of ether oxygens (including phenoxy) is 1. The molecule has 0 spiro atoms. The Hall–Kier alpha value is -1.41. The average Bonchev–Trinajstić information content (AvgIpc) is 2.84. The number of hydrogen-bond donors (Lipinski definition) is 2. The number of nitrogens with zero attached hydrogens (tertiary/aromatic N) is 2. The zero-order chi connectivity index (χ0) is 15.2. The Bertz CT molecular complexity index is 560. The van der Waals surface area contributed by atoms with Gasteiger partial charge in [0.2, 0.25) is 0 Å². The molecule has 0 aliphatic carbocycles. The molecule has 0 saturated carbocycles. The second-order valence-corrected chi connectivity index (χ2v) is 5.95. The Kier molecular flexibility index (Phi) is 5.75. The molecule has 0 atom stereocenters. The maximum absolute atomic E-state index is 9.01. The summed E-state index contributed by atoms with van der Waals surface area (Å²) in [6.45, 7) is 4.18. The first-order valence-corrected chi connectivity index (χ1v) is 7.61. The molecule has 2 rings (SSSR count). The van der Waals surface area contributed by atoms with E-state index in [4.69, 9.17) is 14.8 Å². The molecule has 21 heavy (non-hydrogen) atoms. The van der Waals surface area contributed by atoms with E-state index < -0.39 is 7.12 Å². The first-order chi connectivity index (χ1) is 10.0. The summed E-state index contributed by atoms with van der Waals surface area (Å²) >= 11 is 1.66. The van der Waals surface area contributed by atoms with Crippen molar-refractivity contribution in [1.29, 1.82) is 0 Å². The molecule has 112 valence electrons. The van der Waals surface area contributed by atoms with E-state index in [1.54, 1.807) is 35.6 Å². The van der Waals surface area contributed by atoms with Crippen LogP contribution in [0.4, 0.5) is 0 Å². The van der Waals surface area contributed by atoms with E-state index in [0.29, 0.717) is 12.1 Å². The summed E-state index contributed by atoms with van der Waals surface area (Å²) < 4.78 is 5.63. The fourth-order valence-electron chi connectivity index (χ4n) is 1.89. The molecule has 0 bridgehead atoms. The van der Waals surface area contributed by atoms with Crippen molar-refractivity contribution >= 4 is 23.9 Å². The molecule has 2 N–H and O–H groups in total. The monoisotopic (exact) mass is 306 g/mol. The molecule has 1 heterocycles. The van der Waals surface area contributed by atoms with Gasteiger partial charge in [-0.1, -0.05) is 12.1 Å². The van der Waals surface area contributed by atoms with Gasteiger partial charge < -0.3 is 14.8 Å². The summed E-state index contributed by atoms with van der Waals surface area (Å²) in [5, 5.41) is 21.2. The van der Waals surface area contributed by atoms with Crippen molar-refractivity contribution in [1.82, 2.24) is 9.88 Å². The van der Waals surface area contributed by atoms with Crippen LogP contribution in [0.1, 0.15) is 10.7 Å². The van der Waals surface area contributed by atoms with E-state index >= 15 is 0 Å². The van der Waals surface area contributed by atoms with Gasteiger partial charge in [-0.2, -0.15) is 0 Å². The lowest BCUT2D eigenvalue weighted by atomic mass is 9.80. The van der Waals surface area contributed by atoms with Gasteiger partial charge in [-0.05, 0) is 31.6 Å². The zero-order valence-electron chi connectivity index (χ0n) is 12.2. The van der Waals surface area contributed by atoms with Crippen molar-refractivity contribution in [2.45, 2.75) is 13.5 Å². The largest absolute Gasteiger partial charge is 0.492 e. The van der Waals surface area contributed by atoms with Gasteiger partial charge in [0.15, 0.2) is 0 Å². The van der Waals surface area contributed by atoms with Crippen molar-refractivity contribution in [2.24, 2.45) is 0 Å². The lowest BCUT2D eigenvalue weighted by Gasteiger charge is -2.15. The molecule has 2 aromatic rings. The number of thiazole rings is 1. The van der Waals surface area contributed by atoms with Crippen LogP contribution in [0.2, 0.25) is 0 Å². The number of hydrogen-bond acceptors (Lipinski definition) is 6. The molecule has 0 amide bonds. The minimum atomic E-state index is -1.44. The van der Waals surface area contributed by atoms with E-state index in [0.717, 1.165) is 29.5 Å². The number of aromatic nitrogens is 1. The van der Waals surface area contributed by atoms with E-state index in [2.05, 4.69) is 15.3 Å². The summed E-state index contributed by atoms with van der Waals surface area (Å²) in [4.78, 5) is 6.58. The van der Waals surface area contributed by atoms with Gasteiger partial charge in [-0.15, -0.1) is 11.3 Å². The highest BCUT2D eigenvalue weighted by Crippen LogP contribution is 2.10. The van der Waals surface area contributed by atoms with Gasteiger partial charge in [0.1, 0.15) is 12.4 Å². The SMILES string of the molecule is Cc1nc(CN(C)CCOc2ccc(B(O)O)cc2)cs1. The molecule has 7 heteroatoms. The zero-order valence-corrected chi connectivity index (χ0v) is 13.0. The Balaban J connectivity index is 1.73. The third-order valence-electron chi connectivity index (χ3n) is 3.02. The second kappa shape index (κ2) is 7.56. The third kappa shape index (κ3) is 5.13. The highest BCUT2D eigenvalue weighted by atomic mass is 32.1. The highest BCUT2D eigenvalue weighted by Gasteiger charge is 2.10. The fourth-order valence-corrected chi connectivity index (χ4v) is 2.50. The van der Waals surface area contributed by atoms with Crippen LogP contribution in [0.5, 0.6) is 5.75 Å². The first kappa shape index (κ1) is 16.0. The second-order valence-electron chi connectivity index (χ2n) is 4.89. The molecule has 0 aliphatic rings. The van der Waals surface area contributed by atoms with E-state index in [1.165, 1.54) is 0 Å². The van der Waals surface area contributed by atoms with Crippen molar-refractivity contribution in [3.63, 3.8) is 0 Å². The van der Waals surface area contributed by atoms with Crippen LogP contribution >= 0.6 is 11.3 Å².